The molecule has 0 radical (unpaired) electrons. The van der Waals surface area contributed by atoms with Gasteiger partial charge in [0.2, 0.25) is 0 Å². The Morgan fingerprint density at radius 1 is 0.439 bits per heavy atom. The summed E-state index contributed by atoms with van der Waals surface area (Å²) in [5, 5.41) is 26.5. The van der Waals surface area contributed by atoms with Crippen LogP contribution in [0.3, 0.4) is 0 Å². The standard InChI is InChI=1S/C30H46O11/c31-9-13-34-12-8-29-28(26-4-6-27(7-5-26)40-24-22-36-15-11-33)2-1-3-30(29)41-25-23-39-21-20-38-19-18-37-17-16-35-14-10-32/h1-7,31-33H,8-25H2. The van der Waals surface area contributed by atoms with Gasteiger partial charge in [0.15, 0.2) is 0 Å². The van der Waals surface area contributed by atoms with Crippen LogP contribution in [-0.4, -0.2) is 128 Å². The van der Waals surface area contributed by atoms with Gasteiger partial charge in [-0.2, -0.15) is 0 Å². The van der Waals surface area contributed by atoms with E-state index in [1.807, 2.05) is 42.5 Å². The Labute approximate surface area is 242 Å². The summed E-state index contributed by atoms with van der Waals surface area (Å²) in [7, 11) is 0. The first-order valence-electron chi connectivity index (χ1n) is 14.1. The molecule has 11 heteroatoms. The fourth-order valence-electron chi connectivity index (χ4n) is 3.72. The molecular weight excluding hydrogens is 536 g/mol. The molecule has 41 heavy (non-hydrogen) atoms. The number of aliphatic hydroxyl groups is 3. The zero-order valence-electron chi connectivity index (χ0n) is 23.9. The molecule has 0 aromatic heterocycles. The Morgan fingerprint density at radius 2 is 0.902 bits per heavy atom. The van der Waals surface area contributed by atoms with Crippen LogP contribution in [-0.2, 0) is 34.8 Å². The number of hydrogen-bond acceptors (Lipinski definition) is 11. The summed E-state index contributed by atoms with van der Waals surface area (Å²) in [4.78, 5) is 0. The quantitative estimate of drug-likeness (QED) is 0.133. The molecule has 11 nitrogen and oxygen atoms in total. The van der Waals surface area contributed by atoms with Crippen molar-refractivity contribution in [1.82, 2.24) is 0 Å². The molecule has 0 saturated heterocycles. The molecule has 0 fully saturated rings. The lowest BCUT2D eigenvalue weighted by atomic mass is 9.97. The van der Waals surface area contributed by atoms with Crippen LogP contribution in [0.2, 0.25) is 0 Å². The Balaban J connectivity index is 1.79. The third-order valence-electron chi connectivity index (χ3n) is 5.60. The molecule has 0 heterocycles. The van der Waals surface area contributed by atoms with Crippen molar-refractivity contribution in [3.05, 3.63) is 48.0 Å². The first-order chi connectivity index (χ1) is 20.3. The zero-order chi connectivity index (χ0) is 29.2. The van der Waals surface area contributed by atoms with Crippen molar-refractivity contribution >= 4 is 0 Å². The maximum absolute atomic E-state index is 9.05. The molecule has 2 aromatic carbocycles. The summed E-state index contributed by atoms with van der Waals surface area (Å²) in [6, 6.07) is 13.8. The Hall–Kier alpha value is -2.32. The van der Waals surface area contributed by atoms with Crippen molar-refractivity contribution in [3.8, 4) is 22.6 Å². The van der Waals surface area contributed by atoms with Gasteiger partial charge in [-0.05, 0) is 29.3 Å². The summed E-state index contributed by atoms with van der Waals surface area (Å²) in [6.07, 6.45) is 0.621. The molecule has 0 bridgehead atoms. The maximum atomic E-state index is 9.05. The van der Waals surface area contributed by atoms with Crippen LogP contribution < -0.4 is 9.47 Å². The van der Waals surface area contributed by atoms with Crippen molar-refractivity contribution in [2.45, 2.75) is 6.42 Å². The van der Waals surface area contributed by atoms with E-state index in [4.69, 9.17) is 53.2 Å². The molecular formula is C30H46O11. The molecule has 0 amide bonds. The van der Waals surface area contributed by atoms with Crippen LogP contribution in [0, 0.1) is 0 Å². The maximum Gasteiger partial charge on any atom is 0.123 e. The molecule has 0 atom stereocenters. The summed E-state index contributed by atoms with van der Waals surface area (Å²) >= 11 is 0. The van der Waals surface area contributed by atoms with Gasteiger partial charge in [0, 0.05) is 12.0 Å². The fraction of sp³-hybridized carbons (Fsp3) is 0.600. The van der Waals surface area contributed by atoms with Crippen LogP contribution in [0.1, 0.15) is 5.56 Å². The van der Waals surface area contributed by atoms with Gasteiger partial charge >= 0.3 is 0 Å². The largest absolute Gasteiger partial charge is 0.491 e. The molecule has 0 aliphatic carbocycles. The van der Waals surface area contributed by atoms with E-state index in [9.17, 15) is 0 Å². The van der Waals surface area contributed by atoms with Gasteiger partial charge in [0.05, 0.1) is 99.1 Å². The van der Waals surface area contributed by atoms with E-state index in [1.54, 1.807) is 0 Å². The Bertz CT molecular complexity index is 879. The molecule has 3 N–H and O–H groups in total. The SMILES string of the molecule is OCCOCCOCCOCCOCCOc1cccc(-c2ccc(OCCOCCO)cc2)c1CCOCCO. The fourth-order valence-corrected chi connectivity index (χ4v) is 3.72. The second kappa shape index (κ2) is 24.3. The molecule has 2 rings (SSSR count). The van der Waals surface area contributed by atoms with Gasteiger partial charge in [-0.25, -0.2) is 0 Å². The van der Waals surface area contributed by atoms with Gasteiger partial charge in [0.1, 0.15) is 24.7 Å². The zero-order valence-corrected chi connectivity index (χ0v) is 23.9. The molecule has 0 saturated carbocycles. The highest BCUT2D eigenvalue weighted by Crippen LogP contribution is 2.32. The van der Waals surface area contributed by atoms with Gasteiger partial charge in [-0.15, -0.1) is 0 Å². The molecule has 232 valence electrons. The highest BCUT2D eigenvalue weighted by Gasteiger charge is 2.12. The average Bonchev–Trinajstić information content (AvgIpc) is 3.00. The average molecular weight is 583 g/mol. The van der Waals surface area contributed by atoms with Crippen LogP contribution in [0.25, 0.3) is 11.1 Å². The summed E-state index contributed by atoms with van der Waals surface area (Å²) in [5.41, 5.74) is 3.07. The number of hydrogen-bond donors (Lipinski definition) is 3. The topological polar surface area (TPSA) is 135 Å². The predicted molar refractivity (Wildman–Crippen MR) is 153 cm³/mol. The lowest BCUT2D eigenvalue weighted by molar-refractivity contribution is -0.00782. The minimum atomic E-state index is -0.0219. The lowest BCUT2D eigenvalue weighted by Crippen LogP contribution is -2.14. The third-order valence-corrected chi connectivity index (χ3v) is 5.60. The lowest BCUT2D eigenvalue weighted by Gasteiger charge is -2.17. The monoisotopic (exact) mass is 582 g/mol. The smallest absolute Gasteiger partial charge is 0.123 e. The third kappa shape index (κ3) is 16.0. The van der Waals surface area contributed by atoms with Crippen LogP contribution >= 0.6 is 0 Å². The summed E-state index contributed by atoms with van der Waals surface area (Å²) in [5.74, 6) is 1.50. The summed E-state index contributed by atoms with van der Waals surface area (Å²) < 4.78 is 44.2. The molecule has 2 aromatic rings. The van der Waals surface area contributed by atoms with Crippen molar-refractivity contribution in [2.75, 3.05) is 112 Å². The minimum absolute atomic E-state index is 0.00531. The van der Waals surface area contributed by atoms with Crippen molar-refractivity contribution < 1.29 is 53.2 Å². The van der Waals surface area contributed by atoms with E-state index < -0.39 is 0 Å². The highest BCUT2D eigenvalue weighted by molar-refractivity contribution is 5.70. The number of aliphatic hydroxyl groups excluding tert-OH is 3. The van der Waals surface area contributed by atoms with Gasteiger partial charge in [0.25, 0.3) is 0 Å². The van der Waals surface area contributed by atoms with Crippen molar-refractivity contribution in [1.29, 1.82) is 0 Å². The normalized spacial score (nSPS) is 11.2. The van der Waals surface area contributed by atoms with Gasteiger partial charge in [-0.3, -0.25) is 0 Å². The number of rotatable bonds is 27. The van der Waals surface area contributed by atoms with Crippen molar-refractivity contribution in [3.63, 3.8) is 0 Å². The first kappa shape index (κ1) is 34.9. The summed E-state index contributed by atoms with van der Waals surface area (Å²) in [6.45, 7) is 5.74. The van der Waals surface area contributed by atoms with E-state index in [0.29, 0.717) is 92.3 Å². The van der Waals surface area contributed by atoms with E-state index >= 15 is 0 Å². The molecule has 0 spiro atoms. The Morgan fingerprint density at radius 3 is 1.44 bits per heavy atom. The second-order valence-electron chi connectivity index (χ2n) is 8.60. The van der Waals surface area contributed by atoms with Crippen LogP contribution in [0.4, 0.5) is 0 Å². The molecule has 0 aliphatic heterocycles. The second-order valence-corrected chi connectivity index (χ2v) is 8.60. The minimum Gasteiger partial charge on any atom is -0.491 e. The van der Waals surface area contributed by atoms with Gasteiger partial charge in [-0.1, -0.05) is 24.3 Å². The molecule has 0 aliphatic rings. The van der Waals surface area contributed by atoms with E-state index in [1.165, 1.54) is 0 Å². The van der Waals surface area contributed by atoms with Crippen LogP contribution in [0.5, 0.6) is 11.5 Å². The predicted octanol–water partition coefficient (Wildman–Crippen LogP) is 1.73. The van der Waals surface area contributed by atoms with Crippen LogP contribution in [0.15, 0.2) is 42.5 Å². The van der Waals surface area contributed by atoms with E-state index in [2.05, 4.69) is 0 Å². The highest BCUT2D eigenvalue weighted by atomic mass is 16.6. The van der Waals surface area contributed by atoms with E-state index in [-0.39, 0.29) is 26.4 Å². The molecule has 0 unspecified atom stereocenters. The van der Waals surface area contributed by atoms with E-state index in [0.717, 1.165) is 28.2 Å². The number of ether oxygens (including phenoxy) is 8. The Kier molecular flexibility index (Phi) is 20.7. The number of benzene rings is 2. The first-order valence-corrected chi connectivity index (χ1v) is 14.1. The van der Waals surface area contributed by atoms with Crippen molar-refractivity contribution in [2.24, 2.45) is 0 Å². The van der Waals surface area contributed by atoms with Gasteiger partial charge < -0.3 is 53.2 Å².